The number of rotatable bonds is 6. The van der Waals surface area contributed by atoms with Crippen molar-refractivity contribution in [2.45, 2.75) is 73.0 Å². The lowest BCUT2D eigenvalue weighted by Crippen LogP contribution is -2.50. The number of aliphatic carboxylic acids is 1. The number of carboxylic acid groups (broad SMARTS) is 1. The van der Waals surface area contributed by atoms with E-state index >= 15 is 0 Å². The predicted octanol–water partition coefficient (Wildman–Crippen LogP) is 5.74. The first-order valence-electron chi connectivity index (χ1n) is 16.2. The van der Waals surface area contributed by atoms with Crippen molar-refractivity contribution in [2.75, 3.05) is 69.3 Å². The molecule has 0 unspecified atom stereocenters. The number of hydrogen-bond acceptors (Lipinski definition) is 9. The summed E-state index contributed by atoms with van der Waals surface area (Å²) in [4.78, 5) is 53.0. The van der Waals surface area contributed by atoms with Crippen molar-refractivity contribution in [1.82, 2.24) is 9.80 Å². The van der Waals surface area contributed by atoms with Gasteiger partial charge in [0.05, 0.1) is 31.3 Å². The van der Waals surface area contributed by atoms with Gasteiger partial charge >= 0.3 is 24.1 Å². The van der Waals surface area contributed by atoms with Crippen molar-refractivity contribution in [3.8, 4) is 0 Å². The summed E-state index contributed by atoms with van der Waals surface area (Å²) in [5, 5.41) is 8.76. The van der Waals surface area contributed by atoms with Gasteiger partial charge in [-0.05, 0) is 76.9 Å². The topological polar surface area (TPSA) is 129 Å². The van der Waals surface area contributed by atoms with Crippen LogP contribution in [0.3, 0.4) is 0 Å². The first-order valence-corrected chi connectivity index (χ1v) is 16.2. The van der Waals surface area contributed by atoms with Crippen molar-refractivity contribution >= 4 is 35.5 Å². The van der Waals surface area contributed by atoms with Crippen LogP contribution in [0.2, 0.25) is 0 Å². The lowest BCUT2D eigenvalue weighted by molar-refractivity contribution is -0.140. The zero-order valence-corrected chi connectivity index (χ0v) is 29.4. The molecule has 0 bridgehead atoms. The van der Waals surface area contributed by atoms with Gasteiger partial charge < -0.3 is 38.9 Å². The molecule has 0 atom stereocenters. The summed E-state index contributed by atoms with van der Waals surface area (Å²) >= 11 is 0. The van der Waals surface area contributed by atoms with Gasteiger partial charge in [-0.25, -0.2) is 18.4 Å². The van der Waals surface area contributed by atoms with Gasteiger partial charge in [0.1, 0.15) is 22.8 Å². The van der Waals surface area contributed by atoms with Gasteiger partial charge in [0, 0.05) is 52.4 Å². The van der Waals surface area contributed by atoms with Crippen LogP contribution in [0.4, 0.5) is 29.7 Å². The standard InChI is InChI=1S/C18H25FN2O4.C17H23FN2O4.CH4/c1-18(2,3)25-17(23)21-9-7-20(8-10-21)15-6-5-13(11-14(15)19)12-16(22)24-4;1-17(2,3)24-16(23)20-8-6-19(7-9-20)14-5-4-12(10-13(14)18)11-15(21)22;/h5-6,11H,7-10,12H2,1-4H3;4-5,10H,6-9,11H2,1-3H3,(H,21,22);1H4. The van der Waals surface area contributed by atoms with Gasteiger partial charge in [0.2, 0.25) is 0 Å². The van der Waals surface area contributed by atoms with Crippen LogP contribution in [-0.2, 0) is 36.6 Å². The van der Waals surface area contributed by atoms with E-state index in [-0.39, 0.29) is 38.3 Å². The number of carbonyl (C=O) groups excluding carboxylic acids is 3. The largest absolute Gasteiger partial charge is 0.481 e. The molecule has 2 fully saturated rings. The highest BCUT2D eigenvalue weighted by molar-refractivity contribution is 5.73. The van der Waals surface area contributed by atoms with Crippen LogP contribution >= 0.6 is 0 Å². The average Bonchev–Trinajstić information content (AvgIpc) is 3.00. The summed E-state index contributed by atoms with van der Waals surface area (Å²) in [6, 6.07) is 9.20. The van der Waals surface area contributed by atoms with Crippen molar-refractivity contribution in [3.05, 3.63) is 59.2 Å². The molecule has 0 spiro atoms. The zero-order valence-electron chi connectivity index (χ0n) is 29.4. The predicted molar refractivity (Wildman–Crippen MR) is 187 cm³/mol. The number of carboxylic acids is 1. The lowest BCUT2D eigenvalue weighted by Gasteiger charge is -2.36. The SMILES string of the molecule is C.CC(C)(C)OC(=O)N1CCN(c2ccc(CC(=O)O)cc2F)CC1.COC(=O)Cc1ccc(N2CCN(C(=O)OC(C)(C)C)CC2)c(F)c1. The molecule has 2 saturated heterocycles. The van der Waals surface area contributed by atoms with E-state index < -0.39 is 29.0 Å². The number of nitrogens with zero attached hydrogens (tertiary/aromatic N) is 4. The van der Waals surface area contributed by atoms with Gasteiger partial charge in [0.15, 0.2) is 0 Å². The summed E-state index contributed by atoms with van der Waals surface area (Å²) < 4.78 is 43.9. The summed E-state index contributed by atoms with van der Waals surface area (Å²) in [7, 11) is 1.30. The molecular formula is C36H52F2N4O8. The third-order valence-electron chi connectivity index (χ3n) is 7.50. The molecule has 14 heteroatoms. The smallest absolute Gasteiger partial charge is 0.410 e. The number of benzene rings is 2. The molecule has 2 aliphatic heterocycles. The number of halogens is 2. The first kappa shape index (κ1) is 41.6. The Balaban J connectivity index is 0.000000340. The Morgan fingerprint density at radius 1 is 0.660 bits per heavy atom. The van der Waals surface area contributed by atoms with Gasteiger partial charge in [-0.3, -0.25) is 9.59 Å². The number of esters is 1. The second-order valence-electron chi connectivity index (χ2n) is 13.8. The van der Waals surface area contributed by atoms with Crippen molar-refractivity contribution in [3.63, 3.8) is 0 Å². The summed E-state index contributed by atoms with van der Waals surface area (Å²) in [6.45, 7) is 14.8. The number of methoxy groups -OCH3 is 1. The summed E-state index contributed by atoms with van der Waals surface area (Å²) in [6.07, 6.45) is -0.871. The Morgan fingerprint density at radius 2 is 1.02 bits per heavy atom. The maximum absolute atomic E-state index is 14.4. The molecule has 0 radical (unpaired) electrons. The molecule has 2 amide bonds. The van der Waals surface area contributed by atoms with Gasteiger partial charge in [-0.1, -0.05) is 19.6 Å². The quantitative estimate of drug-likeness (QED) is 0.293. The Bertz CT molecular complexity index is 1480. The fourth-order valence-corrected chi connectivity index (χ4v) is 5.16. The van der Waals surface area contributed by atoms with E-state index in [0.717, 1.165) is 0 Å². The van der Waals surface area contributed by atoms with Crippen LogP contribution in [0.1, 0.15) is 60.1 Å². The molecule has 0 saturated carbocycles. The Hall–Kier alpha value is -4.62. The van der Waals surface area contributed by atoms with Gasteiger partial charge in [0.25, 0.3) is 0 Å². The molecule has 0 aromatic heterocycles. The molecule has 1 N–H and O–H groups in total. The third kappa shape index (κ3) is 13.0. The molecule has 12 nitrogen and oxygen atoms in total. The molecule has 50 heavy (non-hydrogen) atoms. The second-order valence-corrected chi connectivity index (χ2v) is 13.8. The highest BCUT2D eigenvalue weighted by Crippen LogP contribution is 2.24. The fourth-order valence-electron chi connectivity index (χ4n) is 5.16. The summed E-state index contributed by atoms with van der Waals surface area (Å²) in [5.41, 5.74) is 0.817. The van der Waals surface area contributed by atoms with E-state index in [0.29, 0.717) is 74.9 Å². The van der Waals surface area contributed by atoms with E-state index in [1.54, 1.807) is 34.1 Å². The van der Waals surface area contributed by atoms with E-state index in [1.165, 1.54) is 19.2 Å². The molecular weight excluding hydrogens is 654 g/mol. The minimum Gasteiger partial charge on any atom is -0.481 e. The van der Waals surface area contributed by atoms with Crippen LogP contribution in [0, 0.1) is 11.6 Å². The molecule has 4 rings (SSSR count). The zero-order chi connectivity index (χ0) is 36.5. The highest BCUT2D eigenvalue weighted by Gasteiger charge is 2.28. The monoisotopic (exact) mass is 706 g/mol. The Kier molecular flexibility index (Phi) is 14.8. The molecule has 0 aliphatic carbocycles. The number of carbonyl (C=O) groups is 4. The summed E-state index contributed by atoms with van der Waals surface area (Å²) in [5.74, 6) is -2.22. The van der Waals surface area contributed by atoms with Crippen LogP contribution in [0.15, 0.2) is 36.4 Å². The molecule has 278 valence electrons. The molecule has 2 aliphatic rings. The average molecular weight is 707 g/mol. The molecule has 2 aromatic rings. The normalized spacial score (nSPS) is 14.9. The maximum atomic E-state index is 14.4. The highest BCUT2D eigenvalue weighted by atomic mass is 19.1. The maximum Gasteiger partial charge on any atom is 0.410 e. The lowest BCUT2D eigenvalue weighted by atomic mass is 10.1. The van der Waals surface area contributed by atoms with E-state index in [4.69, 9.17) is 14.6 Å². The Morgan fingerprint density at radius 3 is 1.32 bits per heavy atom. The molecule has 2 heterocycles. The van der Waals surface area contributed by atoms with E-state index in [2.05, 4.69) is 4.74 Å². The number of hydrogen-bond donors (Lipinski definition) is 1. The van der Waals surface area contributed by atoms with Crippen molar-refractivity contribution in [2.24, 2.45) is 0 Å². The number of ether oxygens (including phenoxy) is 3. The fraction of sp³-hybridized carbons (Fsp3) is 0.556. The number of piperazine rings is 2. The van der Waals surface area contributed by atoms with Crippen LogP contribution in [0.5, 0.6) is 0 Å². The van der Waals surface area contributed by atoms with Crippen LogP contribution < -0.4 is 9.80 Å². The number of amides is 2. The van der Waals surface area contributed by atoms with E-state index in [1.807, 2.05) is 51.3 Å². The van der Waals surface area contributed by atoms with Crippen LogP contribution in [0.25, 0.3) is 0 Å². The minimum atomic E-state index is -0.992. The Labute approximate surface area is 293 Å². The first-order chi connectivity index (χ1) is 22.8. The number of anilines is 2. The van der Waals surface area contributed by atoms with Crippen molar-refractivity contribution in [1.29, 1.82) is 0 Å². The van der Waals surface area contributed by atoms with Gasteiger partial charge in [-0.2, -0.15) is 0 Å². The van der Waals surface area contributed by atoms with Crippen LogP contribution in [-0.4, -0.2) is 110 Å². The minimum absolute atomic E-state index is 0. The second kappa shape index (κ2) is 17.9. The van der Waals surface area contributed by atoms with Crippen molar-refractivity contribution < 1.29 is 47.3 Å². The van der Waals surface area contributed by atoms with E-state index in [9.17, 15) is 28.0 Å². The third-order valence-corrected chi connectivity index (χ3v) is 7.50. The van der Waals surface area contributed by atoms with Gasteiger partial charge in [-0.15, -0.1) is 0 Å². The molecule has 2 aromatic carbocycles.